The molecule has 4 rings (SSSR count). The number of likely N-dealkylation sites (tertiary alicyclic amines) is 2. The highest BCUT2D eigenvalue weighted by molar-refractivity contribution is 5.99. The molecule has 7 nitrogen and oxygen atoms in total. The first-order chi connectivity index (χ1) is 16.3. The van der Waals surface area contributed by atoms with Crippen LogP contribution in [0.4, 0.5) is 0 Å². The van der Waals surface area contributed by atoms with E-state index in [1.54, 1.807) is 4.90 Å². The molecule has 0 radical (unpaired) electrons. The van der Waals surface area contributed by atoms with Gasteiger partial charge in [0.25, 0.3) is 5.91 Å². The van der Waals surface area contributed by atoms with Crippen molar-refractivity contribution in [3.63, 3.8) is 0 Å². The zero-order valence-electron chi connectivity index (χ0n) is 21.0. The number of piperidine rings is 1. The van der Waals surface area contributed by atoms with Gasteiger partial charge in [0, 0.05) is 18.2 Å². The Morgan fingerprint density at radius 1 is 1.06 bits per heavy atom. The molecule has 7 heteroatoms. The molecule has 3 aliphatic rings. The van der Waals surface area contributed by atoms with Crippen molar-refractivity contribution in [3.8, 4) is 0 Å². The molecule has 3 heterocycles. The van der Waals surface area contributed by atoms with Gasteiger partial charge in [-0.15, -0.1) is 0 Å². The van der Waals surface area contributed by atoms with Crippen LogP contribution in [-0.4, -0.2) is 77.9 Å². The Hall–Kier alpha value is -2.25. The van der Waals surface area contributed by atoms with E-state index in [2.05, 4.69) is 36.2 Å². The normalized spacial score (nSPS) is 25.4. The molecule has 1 aromatic carbocycles. The zero-order valence-corrected chi connectivity index (χ0v) is 21.0. The zero-order chi connectivity index (χ0) is 24.4. The lowest BCUT2D eigenvalue weighted by atomic mass is 9.88. The Kier molecular flexibility index (Phi) is 7.73. The molecule has 0 saturated carbocycles. The van der Waals surface area contributed by atoms with Gasteiger partial charge in [0.05, 0.1) is 6.10 Å². The fourth-order valence-corrected chi connectivity index (χ4v) is 5.58. The number of fused-ring (bicyclic) bond motifs is 1. The van der Waals surface area contributed by atoms with Gasteiger partial charge >= 0.3 is 0 Å². The smallest absolute Gasteiger partial charge is 0.251 e. The first kappa shape index (κ1) is 24.9. The highest BCUT2D eigenvalue weighted by Crippen LogP contribution is 2.30. The Morgan fingerprint density at radius 2 is 1.74 bits per heavy atom. The lowest BCUT2D eigenvalue weighted by molar-refractivity contribution is -0.139. The van der Waals surface area contributed by atoms with Crippen LogP contribution in [0, 0.1) is 5.92 Å². The molecule has 186 valence electrons. The summed E-state index contributed by atoms with van der Waals surface area (Å²) in [5, 5.41) is 2.98. The second-order valence-electron chi connectivity index (χ2n) is 10.4. The van der Waals surface area contributed by atoms with Crippen LogP contribution in [-0.2, 0) is 14.3 Å². The van der Waals surface area contributed by atoms with Crippen LogP contribution in [0.3, 0.4) is 0 Å². The van der Waals surface area contributed by atoms with Gasteiger partial charge < -0.3 is 19.9 Å². The number of nitrogens with one attached hydrogen (secondary N) is 1. The van der Waals surface area contributed by atoms with Gasteiger partial charge in [-0.2, -0.15) is 0 Å². The molecule has 3 fully saturated rings. The first-order valence-electron chi connectivity index (χ1n) is 12.9. The lowest BCUT2D eigenvalue weighted by Crippen LogP contribution is -2.54. The van der Waals surface area contributed by atoms with Crippen LogP contribution < -0.4 is 5.32 Å². The number of hydrogen-bond donors (Lipinski definition) is 1. The van der Waals surface area contributed by atoms with Crippen LogP contribution in [0.2, 0.25) is 0 Å². The predicted octanol–water partition coefficient (Wildman–Crippen LogP) is 2.99. The van der Waals surface area contributed by atoms with Gasteiger partial charge in [-0.25, -0.2) is 0 Å². The number of nitrogens with zero attached hydrogens (tertiary/aromatic N) is 2. The van der Waals surface area contributed by atoms with E-state index in [0.29, 0.717) is 30.5 Å². The summed E-state index contributed by atoms with van der Waals surface area (Å²) in [5.41, 5.74) is 1.83. The molecule has 2 amide bonds. The van der Waals surface area contributed by atoms with Crippen molar-refractivity contribution < 1.29 is 19.1 Å². The molecule has 3 aliphatic heterocycles. The summed E-state index contributed by atoms with van der Waals surface area (Å²) in [6.07, 6.45) is 3.48. The van der Waals surface area contributed by atoms with E-state index in [0.717, 1.165) is 32.4 Å². The Balaban J connectivity index is 1.41. The van der Waals surface area contributed by atoms with Crippen molar-refractivity contribution in [2.75, 3.05) is 26.2 Å². The van der Waals surface area contributed by atoms with Gasteiger partial charge in [0.15, 0.2) is 5.78 Å². The first-order valence-corrected chi connectivity index (χ1v) is 12.9. The Labute approximate surface area is 203 Å². The third-order valence-electron chi connectivity index (χ3n) is 8.06. The highest BCUT2D eigenvalue weighted by Gasteiger charge is 2.48. The number of ether oxygens (including phenoxy) is 1. The second-order valence-corrected chi connectivity index (χ2v) is 10.4. The summed E-state index contributed by atoms with van der Waals surface area (Å²) >= 11 is 0. The molecule has 4 atom stereocenters. The predicted molar refractivity (Wildman–Crippen MR) is 131 cm³/mol. The number of carbonyl (C=O) groups is 3. The molecular weight excluding hydrogens is 430 g/mol. The number of Topliss-reactive ketones (excluding diaryl/α,β-unsaturated/α-hetero) is 1. The van der Waals surface area contributed by atoms with Crippen molar-refractivity contribution in [3.05, 3.63) is 35.4 Å². The molecule has 1 N–H and O–H groups in total. The van der Waals surface area contributed by atoms with E-state index in [9.17, 15) is 14.4 Å². The number of ketones is 1. The molecule has 0 aliphatic carbocycles. The largest absolute Gasteiger partial charge is 0.368 e. The van der Waals surface area contributed by atoms with Gasteiger partial charge in [0.1, 0.15) is 18.7 Å². The van der Waals surface area contributed by atoms with E-state index in [1.165, 1.54) is 5.56 Å². The van der Waals surface area contributed by atoms with E-state index in [4.69, 9.17) is 4.74 Å². The van der Waals surface area contributed by atoms with Crippen molar-refractivity contribution in [1.82, 2.24) is 15.1 Å². The minimum absolute atomic E-state index is 0.0418. The van der Waals surface area contributed by atoms with E-state index in [-0.39, 0.29) is 36.2 Å². The van der Waals surface area contributed by atoms with Crippen molar-refractivity contribution in [1.29, 1.82) is 0 Å². The molecule has 0 aromatic heterocycles. The van der Waals surface area contributed by atoms with Crippen LogP contribution in [0.1, 0.15) is 75.2 Å². The number of hydrogen-bond acceptors (Lipinski definition) is 5. The molecular formula is C27H39N3O4. The summed E-state index contributed by atoms with van der Waals surface area (Å²) in [4.78, 5) is 43.0. The van der Waals surface area contributed by atoms with Crippen LogP contribution >= 0.6 is 0 Å². The van der Waals surface area contributed by atoms with Crippen LogP contribution in [0.25, 0.3) is 0 Å². The molecule has 1 aromatic rings. The molecule has 0 unspecified atom stereocenters. The fraction of sp³-hybridized carbons (Fsp3) is 0.667. The van der Waals surface area contributed by atoms with Crippen molar-refractivity contribution >= 4 is 17.6 Å². The van der Waals surface area contributed by atoms with E-state index in [1.807, 2.05) is 26.0 Å². The average Bonchev–Trinajstić information content (AvgIpc) is 3.44. The summed E-state index contributed by atoms with van der Waals surface area (Å²) in [5.74, 6) is 0.0150. The number of benzene rings is 1. The van der Waals surface area contributed by atoms with Crippen LogP contribution in [0.15, 0.2) is 24.3 Å². The van der Waals surface area contributed by atoms with E-state index < -0.39 is 12.1 Å². The van der Waals surface area contributed by atoms with Gasteiger partial charge in [-0.3, -0.25) is 14.4 Å². The van der Waals surface area contributed by atoms with Crippen LogP contribution in [0.5, 0.6) is 0 Å². The standard InChI is InChI=1S/C27H39N3O4/c1-5-18(4)24(27(33)30-15-12-23-25(30)22(31)16-34-23)28-26(32)21-8-6-19(7-9-21)20-10-13-29(14-11-20)17(2)3/h6-9,17-18,20,23-25H,5,10-16H2,1-4H3,(H,28,32)/t18-,23+,24-,25+/m0/s1. The summed E-state index contributed by atoms with van der Waals surface area (Å²) in [6, 6.07) is 7.28. The minimum Gasteiger partial charge on any atom is -0.368 e. The van der Waals surface area contributed by atoms with E-state index >= 15 is 0 Å². The van der Waals surface area contributed by atoms with Crippen molar-refractivity contribution in [2.24, 2.45) is 5.92 Å². The SMILES string of the molecule is CC[C@H](C)[C@H](NC(=O)c1ccc(C2CCN(C(C)C)CC2)cc1)C(=O)N1CC[C@H]2OCC(=O)[C@H]21. The monoisotopic (exact) mass is 469 g/mol. The Bertz CT molecular complexity index is 892. The Morgan fingerprint density at radius 3 is 2.35 bits per heavy atom. The summed E-state index contributed by atoms with van der Waals surface area (Å²) in [6.45, 7) is 11.2. The highest BCUT2D eigenvalue weighted by atomic mass is 16.5. The average molecular weight is 470 g/mol. The molecule has 3 saturated heterocycles. The maximum absolute atomic E-state index is 13.4. The molecule has 34 heavy (non-hydrogen) atoms. The minimum atomic E-state index is -0.662. The quantitative estimate of drug-likeness (QED) is 0.664. The third kappa shape index (κ3) is 5.05. The maximum atomic E-state index is 13.4. The molecule has 0 spiro atoms. The summed E-state index contributed by atoms with van der Waals surface area (Å²) < 4.78 is 5.53. The number of rotatable bonds is 7. The van der Waals surface area contributed by atoms with Crippen molar-refractivity contribution in [2.45, 2.75) is 83.5 Å². The van der Waals surface area contributed by atoms with Gasteiger partial charge in [0.2, 0.25) is 5.91 Å². The topological polar surface area (TPSA) is 79.0 Å². The second kappa shape index (κ2) is 10.6. The fourth-order valence-electron chi connectivity index (χ4n) is 5.58. The summed E-state index contributed by atoms with van der Waals surface area (Å²) in [7, 11) is 0. The number of amides is 2. The molecule has 0 bridgehead atoms. The number of carbonyl (C=O) groups excluding carboxylic acids is 3. The van der Waals surface area contributed by atoms with Gasteiger partial charge in [-0.1, -0.05) is 32.4 Å². The third-order valence-corrected chi connectivity index (χ3v) is 8.06. The lowest BCUT2D eigenvalue weighted by Gasteiger charge is -2.34. The van der Waals surface area contributed by atoms with Gasteiger partial charge in [-0.05, 0) is 75.7 Å². The maximum Gasteiger partial charge on any atom is 0.251 e.